The molecule has 2 aliphatic rings. The maximum Gasteiger partial charge on any atom is 1.00 e. The predicted octanol–water partition coefficient (Wildman–Crippen LogP) is -6.68. The van der Waals surface area contributed by atoms with Crippen LogP contribution in [0.3, 0.4) is 0 Å². The smallest absolute Gasteiger partial charge is 0.756 e. The summed E-state index contributed by atoms with van der Waals surface area (Å²) in [5, 5.41) is 50.6. The molecule has 3 aromatic rings. The predicted molar refractivity (Wildman–Crippen MR) is 133 cm³/mol. The first kappa shape index (κ1) is 35.8. The van der Waals surface area contributed by atoms with Gasteiger partial charge in [0.05, 0.1) is 19.5 Å². The van der Waals surface area contributed by atoms with Gasteiger partial charge < -0.3 is 59.6 Å². The fourth-order valence-electron chi connectivity index (χ4n) is 4.54. The number of hydrogen-bond donors (Lipinski definition) is 6. The number of carbonyl (C=O) groups is 1. The maximum absolute atomic E-state index is 12.3. The molecular weight excluding hydrogens is 661 g/mol. The second-order valence-electron chi connectivity index (χ2n) is 9.59. The van der Waals surface area contributed by atoms with Crippen molar-refractivity contribution in [2.45, 2.75) is 49.1 Å². The number of nitrogen functional groups attached to an aromatic ring is 1. The van der Waals surface area contributed by atoms with E-state index in [4.69, 9.17) is 20.3 Å². The summed E-state index contributed by atoms with van der Waals surface area (Å²) in [4.78, 5) is 47.5. The molecule has 240 valence electrons. The van der Waals surface area contributed by atoms with E-state index in [0.29, 0.717) is 0 Å². The van der Waals surface area contributed by atoms with Crippen LogP contribution in [0.25, 0.3) is 11.2 Å². The van der Waals surface area contributed by atoms with E-state index in [1.165, 1.54) is 29.2 Å². The summed E-state index contributed by atoms with van der Waals surface area (Å²) in [6.07, 6.45) is -7.64. The van der Waals surface area contributed by atoms with Crippen LogP contribution in [0.1, 0.15) is 22.8 Å². The molecule has 0 radical (unpaired) electrons. The Morgan fingerprint density at radius 1 is 1.00 bits per heavy atom. The summed E-state index contributed by atoms with van der Waals surface area (Å²) in [5.74, 6) is -1.25. The molecule has 10 unspecified atom stereocenters. The summed E-state index contributed by atoms with van der Waals surface area (Å²) >= 11 is 0. The number of aromatic nitrogens is 5. The van der Waals surface area contributed by atoms with Crippen LogP contribution in [0.5, 0.6) is 0 Å². The largest absolute Gasteiger partial charge is 1.00 e. The summed E-state index contributed by atoms with van der Waals surface area (Å²) in [6.45, 7) is -2.01. The third-order valence-electron chi connectivity index (χ3n) is 6.69. The number of ether oxygens (including phenoxy) is 2. The molecule has 0 bridgehead atoms. The quantitative estimate of drug-likeness (QED) is 0.0620. The van der Waals surface area contributed by atoms with Crippen molar-refractivity contribution in [2.75, 3.05) is 18.9 Å². The Hall–Kier alpha value is -2.01. The van der Waals surface area contributed by atoms with Gasteiger partial charge in [-0.05, 0) is 6.07 Å². The molecule has 3 aromatic heterocycles. The number of nitrogens with zero attached hydrogens (tertiary/aromatic N) is 5. The van der Waals surface area contributed by atoms with Crippen LogP contribution in [0, 0.1) is 0 Å². The topological polar surface area (TPSA) is 318 Å². The normalized spacial score (nSPS) is 30.9. The Labute approximate surface area is 274 Å². The Bertz CT molecular complexity index is 1630. The molecule has 0 spiro atoms. The molecule has 2 fully saturated rings. The van der Waals surface area contributed by atoms with Gasteiger partial charge in [-0.25, -0.2) is 24.1 Å². The Kier molecular flexibility index (Phi) is 11.1. The molecule has 24 heteroatoms. The molecule has 0 aliphatic carbocycles. The summed E-state index contributed by atoms with van der Waals surface area (Å²) in [7, 11) is -11.4. The first-order chi connectivity index (χ1) is 20.7. The van der Waals surface area contributed by atoms with Crippen molar-refractivity contribution in [1.29, 1.82) is 0 Å². The number of pyridine rings is 1. The second-order valence-corrected chi connectivity index (χ2v) is 12.5. The molecule has 7 N–H and O–H groups in total. The van der Waals surface area contributed by atoms with Crippen molar-refractivity contribution in [3.8, 4) is 0 Å². The van der Waals surface area contributed by atoms with E-state index in [0.717, 1.165) is 17.1 Å². The van der Waals surface area contributed by atoms with E-state index in [1.807, 2.05) is 0 Å². The summed E-state index contributed by atoms with van der Waals surface area (Å²) in [5.41, 5.74) is 5.87. The van der Waals surface area contributed by atoms with Gasteiger partial charge in [-0.1, -0.05) is 0 Å². The number of carboxylic acid groups (broad SMARTS) is 1. The molecule has 5 heterocycles. The molecule has 5 rings (SSSR count). The van der Waals surface area contributed by atoms with E-state index >= 15 is 0 Å². The minimum atomic E-state index is -5.70. The maximum atomic E-state index is 12.3. The average molecular weight is 686 g/mol. The Balaban J connectivity index is 0.00000461. The fourth-order valence-corrected chi connectivity index (χ4v) is 6.56. The number of anilines is 1. The molecule has 0 aromatic carbocycles. The van der Waals surface area contributed by atoms with Crippen molar-refractivity contribution in [1.82, 2.24) is 19.5 Å². The molecule has 21 nitrogen and oxygen atoms in total. The van der Waals surface area contributed by atoms with Gasteiger partial charge in [-0.2, -0.15) is 4.57 Å². The number of phosphoric acid groups is 2. The van der Waals surface area contributed by atoms with Crippen molar-refractivity contribution in [3.05, 3.63) is 42.7 Å². The number of phosphoric ester groups is 2. The zero-order valence-electron chi connectivity index (χ0n) is 23.0. The van der Waals surface area contributed by atoms with Gasteiger partial charge in [0.1, 0.15) is 47.9 Å². The standard InChI is InChI=1S/C21H26N6O15P2.Na/c22-17-12-18(24-7-23-17)27(8-25-12)20-16(31)14(29)11(41-20)6-39-44(36,37)42-43(34,35)38-5-10-13(28)15(30)19(40-10)26-3-1-2-9(4-26)21(32)33;/h1-4,7-8,10-11,13-16,19-20,28-31H,5-6H2,(H4-,22,23,24,32,33,34,35,36,37);/q;+1/p-1. The van der Waals surface area contributed by atoms with Gasteiger partial charge in [-0.3, -0.25) is 13.7 Å². The summed E-state index contributed by atoms with van der Waals surface area (Å²) < 4.78 is 50.9. The molecule has 2 aliphatic heterocycles. The molecule has 45 heavy (non-hydrogen) atoms. The van der Waals surface area contributed by atoms with Gasteiger partial charge in [0.25, 0.3) is 21.9 Å². The first-order valence-electron chi connectivity index (χ1n) is 12.5. The minimum Gasteiger partial charge on any atom is -0.756 e. The fraction of sp³-hybridized carbons (Fsp3) is 0.476. The van der Waals surface area contributed by atoms with E-state index in [-0.39, 0.29) is 52.1 Å². The van der Waals surface area contributed by atoms with Crippen LogP contribution in [-0.4, -0.2) is 101 Å². The average Bonchev–Trinajstić information content (AvgIpc) is 3.61. The number of rotatable bonds is 11. The molecule has 0 amide bonds. The number of carboxylic acids is 1. The number of nitrogens with two attached hydrogens (primary N) is 1. The number of fused-ring (bicyclic) bond motifs is 1. The third-order valence-corrected chi connectivity index (χ3v) is 9.22. The van der Waals surface area contributed by atoms with Crippen LogP contribution in [0.4, 0.5) is 5.82 Å². The van der Waals surface area contributed by atoms with Gasteiger partial charge in [0.2, 0.25) is 0 Å². The number of aromatic carboxylic acids is 1. The molecule has 10 atom stereocenters. The van der Waals surface area contributed by atoms with Crippen LogP contribution < -0.4 is 49.6 Å². The molecule has 0 saturated carbocycles. The monoisotopic (exact) mass is 686 g/mol. The van der Waals surface area contributed by atoms with E-state index < -0.39 is 83.9 Å². The van der Waals surface area contributed by atoms with Gasteiger partial charge >= 0.3 is 35.5 Å². The minimum absolute atomic E-state index is 0. The van der Waals surface area contributed by atoms with Crippen molar-refractivity contribution < 1.29 is 106 Å². The summed E-state index contributed by atoms with van der Waals surface area (Å²) in [6, 6.07) is 2.60. The number of imidazole rings is 1. The SMILES string of the molecule is Nc1ncnc2c1ncn2C1OC(COP(=O)([O-])OP(=O)([O-])OCC2OC([n+]3cccc(C(=O)O)c3)C(O)C2O)C(O)C1O.[Na+]. The van der Waals surface area contributed by atoms with E-state index in [9.17, 15) is 44.1 Å². The van der Waals surface area contributed by atoms with Crippen molar-refractivity contribution in [2.24, 2.45) is 0 Å². The number of aliphatic hydroxyl groups is 4. The third kappa shape index (κ3) is 7.77. The van der Waals surface area contributed by atoms with Crippen LogP contribution in [0.2, 0.25) is 0 Å². The van der Waals surface area contributed by atoms with Crippen molar-refractivity contribution >= 4 is 38.6 Å². The van der Waals surface area contributed by atoms with Crippen molar-refractivity contribution in [3.63, 3.8) is 0 Å². The number of hydrogen-bond acceptors (Lipinski definition) is 18. The first-order valence-corrected chi connectivity index (χ1v) is 15.4. The van der Waals surface area contributed by atoms with E-state index in [2.05, 4.69) is 28.3 Å². The molecular formula is C21H25N6NaO15P2. The Morgan fingerprint density at radius 2 is 1.62 bits per heavy atom. The van der Waals surface area contributed by atoms with Crippen LogP contribution in [-0.2, 0) is 32.0 Å². The molecule has 2 saturated heterocycles. The zero-order chi connectivity index (χ0) is 32.0. The van der Waals surface area contributed by atoms with Gasteiger partial charge in [0.15, 0.2) is 36.2 Å². The van der Waals surface area contributed by atoms with E-state index in [1.54, 1.807) is 0 Å². The van der Waals surface area contributed by atoms with Gasteiger partial charge in [-0.15, -0.1) is 0 Å². The Morgan fingerprint density at radius 3 is 2.27 bits per heavy atom. The zero-order valence-corrected chi connectivity index (χ0v) is 26.8. The van der Waals surface area contributed by atoms with Crippen LogP contribution >= 0.6 is 15.6 Å². The number of aliphatic hydroxyl groups excluding tert-OH is 4. The van der Waals surface area contributed by atoms with Gasteiger partial charge in [0, 0.05) is 6.07 Å². The van der Waals surface area contributed by atoms with Crippen LogP contribution in [0.15, 0.2) is 37.2 Å². The second kappa shape index (κ2) is 14.0.